The molecular formula is C22H16BI2NO. The first-order valence-electron chi connectivity index (χ1n) is 8.64. The molecule has 0 radical (unpaired) electrons. The summed E-state index contributed by atoms with van der Waals surface area (Å²) in [4.78, 5) is 4.58. The lowest BCUT2D eigenvalue weighted by Crippen LogP contribution is -2.47. The van der Waals surface area contributed by atoms with Crippen LogP contribution in [-0.4, -0.2) is 11.9 Å². The van der Waals surface area contributed by atoms with E-state index < -0.39 is 0 Å². The van der Waals surface area contributed by atoms with E-state index in [1.165, 1.54) is 12.7 Å². The van der Waals surface area contributed by atoms with Gasteiger partial charge in [-0.05, 0) is 105 Å². The van der Waals surface area contributed by atoms with Crippen LogP contribution in [0.5, 0.6) is 5.75 Å². The fourth-order valence-electron chi connectivity index (χ4n) is 3.11. The van der Waals surface area contributed by atoms with Crippen molar-refractivity contribution in [2.75, 3.05) is 0 Å². The van der Waals surface area contributed by atoms with E-state index in [1.807, 2.05) is 24.4 Å². The van der Waals surface area contributed by atoms with Gasteiger partial charge in [-0.2, -0.15) is 0 Å². The Bertz CT molecular complexity index is 1040. The molecule has 3 aromatic carbocycles. The number of hydrogen-bond donors (Lipinski definition) is 0. The Balaban J connectivity index is 1.81. The molecule has 1 heterocycles. The van der Waals surface area contributed by atoms with Crippen molar-refractivity contribution in [2.24, 2.45) is 0 Å². The molecule has 4 aromatic rings. The van der Waals surface area contributed by atoms with Gasteiger partial charge in [0.25, 0.3) is 0 Å². The first kappa shape index (κ1) is 18.7. The lowest BCUT2D eigenvalue weighted by Gasteiger charge is -2.18. The summed E-state index contributed by atoms with van der Waals surface area (Å²) in [5.74, 6) is 0.804. The van der Waals surface area contributed by atoms with Crippen molar-refractivity contribution in [3.63, 3.8) is 0 Å². The maximum absolute atomic E-state index is 6.57. The SMILES string of the molecule is Cc1ccnc2c(OB(c3ccc(I)cc3)c3ccc(I)cc3)cccc12. The minimum atomic E-state index is -0.188. The third kappa shape index (κ3) is 4.14. The third-order valence-corrected chi connectivity index (χ3v) is 5.98. The molecular weight excluding hydrogens is 559 g/mol. The summed E-state index contributed by atoms with van der Waals surface area (Å²) in [7, 11) is 0. The number of hydrogen-bond acceptors (Lipinski definition) is 2. The molecule has 1 aromatic heterocycles. The van der Waals surface area contributed by atoms with Crippen LogP contribution in [0.25, 0.3) is 10.9 Å². The number of aromatic nitrogens is 1. The number of aryl methyl sites for hydroxylation is 1. The predicted molar refractivity (Wildman–Crippen MR) is 130 cm³/mol. The van der Waals surface area contributed by atoms with Crippen LogP contribution in [-0.2, 0) is 0 Å². The molecule has 0 amide bonds. The second-order valence-electron chi connectivity index (χ2n) is 6.38. The van der Waals surface area contributed by atoms with Crippen molar-refractivity contribution in [3.05, 3.63) is 91.7 Å². The summed E-state index contributed by atoms with van der Waals surface area (Å²) < 4.78 is 8.98. The second-order valence-corrected chi connectivity index (χ2v) is 8.87. The normalized spacial score (nSPS) is 10.8. The summed E-state index contributed by atoms with van der Waals surface area (Å²) >= 11 is 4.65. The van der Waals surface area contributed by atoms with Crippen LogP contribution in [0.15, 0.2) is 79.0 Å². The van der Waals surface area contributed by atoms with E-state index in [1.54, 1.807) is 0 Å². The molecule has 0 saturated heterocycles. The van der Waals surface area contributed by atoms with Gasteiger partial charge in [-0.1, -0.05) is 36.4 Å². The molecule has 0 saturated carbocycles. The zero-order valence-electron chi connectivity index (χ0n) is 14.7. The van der Waals surface area contributed by atoms with Crippen LogP contribution in [0.1, 0.15) is 5.56 Å². The Morgan fingerprint density at radius 3 is 1.96 bits per heavy atom. The Morgan fingerprint density at radius 2 is 1.37 bits per heavy atom. The maximum atomic E-state index is 6.57. The summed E-state index contributed by atoms with van der Waals surface area (Å²) in [5, 5.41) is 1.12. The van der Waals surface area contributed by atoms with E-state index in [0.29, 0.717) is 0 Å². The van der Waals surface area contributed by atoms with E-state index in [4.69, 9.17) is 4.65 Å². The summed E-state index contributed by atoms with van der Waals surface area (Å²) in [6.07, 6.45) is 1.84. The van der Waals surface area contributed by atoms with E-state index in [0.717, 1.165) is 27.6 Å². The zero-order chi connectivity index (χ0) is 18.8. The summed E-state index contributed by atoms with van der Waals surface area (Å²) in [6.45, 7) is 1.91. The molecule has 2 nitrogen and oxygen atoms in total. The molecule has 0 fully saturated rings. The number of para-hydroxylation sites is 1. The standard InChI is InChI=1S/C22H16BI2NO/c1-15-13-14-26-22-20(15)3-2-4-21(22)27-23(16-5-9-18(24)10-6-16)17-7-11-19(25)12-8-17/h2-14H,1H3. The highest BCUT2D eigenvalue weighted by atomic mass is 127. The summed E-state index contributed by atoms with van der Waals surface area (Å²) in [5.41, 5.74) is 4.35. The maximum Gasteiger partial charge on any atom is 0.426 e. The third-order valence-electron chi connectivity index (χ3n) is 4.54. The molecule has 0 bridgehead atoms. The topological polar surface area (TPSA) is 22.1 Å². The van der Waals surface area contributed by atoms with Crippen molar-refractivity contribution < 1.29 is 4.65 Å². The van der Waals surface area contributed by atoms with Gasteiger partial charge in [0.2, 0.25) is 0 Å². The number of fused-ring (bicyclic) bond motifs is 1. The zero-order valence-corrected chi connectivity index (χ0v) is 19.0. The number of pyridine rings is 1. The van der Waals surface area contributed by atoms with Gasteiger partial charge in [-0.15, -0.1) is 0 Å². The lowest BCUT2D eigenvalue weighted by molar-refractivity contribution is 0.597. The van der Waals surface area contributed by atoms with Gasteiger partial charge in [0.05, 0.1) is 0 Å². The molecule has 0 aliphatic heterocycles. The minimum absolute atomic E-state index is 0.188. The van der Waals surface area contributed by atoms with Gasteiger partial charge in [-0.3, -0.25) is 4.98 Å². The van der Waals surface area contributed by atoms with Gasteiger partial charge >= 0.3 is 6.92 Å². The van der Waals surface area contributed by atoms with Gasteiger partial charge in [0.1, 0.15) is 11.3 Å². The molecule has 0 aliphatic rings. The first-order valence-corrected chi connectivity index (χ1v) is 10.8. The Labute approximate surface area is 186 Å². The van der Waals surface area contributed by atoms with E-state index >= 15 is 0 Å². The van der Waals surface area contributed by atoms with Crippen molar-refractivity contribution in [3.8, 4) is 5.75 Å². The van der Waals surface area contributed by atoms with Crippen LogP contribution in [0.4, 0.5) is 0 Å². The molecule has 27 heavy (non-hydrogen) atoms. The van der Waals surface area contributed by atoms with Crippen LogP contribution >= 0.6 is 45.2 Å². The highest BCUT2D eigenvalue weighted by molar-refractivity contribution is 14.1. The first-order chi connectivity index (χ1) is 13.1. The molecule has 132 valence electrons. The fourth-order valence-corrected chi connectivity index (χ4v) is 3.83. The van der Waals surface area contributed by atoms with E-state index in [9.17, 15) is 0 Å². The van der Waals surface area contributed by atoms with Gasteiger partial charge in [0.15, 0.2) is 0 Å². The quantitative estimate of drug-likeness (QED) is 0.255. The molecule has 0 unspecified atom stereocenters. The number of rotatable bonds is 4. The number of halogens is 2. The predicted octanol–water partition coefficient (Wildman–Crippen LogP) is 4.94. The minimum Gasteiger partial charge on any atom is -0.550 e. The van der Waals surface area contributed by atoms with Gasteiger partial charge in [-0.25, -0.2) is 0 Å². The van der Waals surface area contributed by atoms with Crippen molar-refractivity contribution in [1.82, 2.24) is 4.98 Å². The monoisotopic (exact) mass is 575 g/mol. The Hall–Kier alpha value is -1.61. The van der Waals surface area contributed by atoms with Crippen LogP contribution in [0, 0.1) is 14.1 Å². The largest absolute Gasteiger partial charge is 0.550 e. The molecule has 0 atom stereocenters. The van der Waals surface area contributed by atoms with Gasteiger partial charge in [0, 0.05) is 18.7 Å². The van der Waals surface area contributed by atoms with Crippen LogP contribution < -0.4 is 15.6 Å². The lowest BCUT2D eigenvalue weighted by atomic mass is 9.55. The molecule has 0 N–H and O–H groups in total. The molecule has 0 spiro atoms. The average Bonchev–Trinajstić information content (AvgIpc) is 2.68. The highest BCUT2D eigenvalue weighted by Gasteiger charge is 2.24. The molecule has 4 rings (SSSR count). The summed E-state index contributed by atoms with van der Waals surface area (Å²) in [6, 6.07) is 25.2. The van der Waals surface area contributed by atoms with Crippen molar-refractivity contribution in [1.29, 1.82) is 0 Å². The average molecular weight is 575 g/mol. The van der Waals surface area contributed by atoms with Crippen LogP contribution in [0.2, 0.25) is 0 Å². The molecule has 5 heteroatoms. The fraction of sp³-hybridized carbons (Fsp3) is 0.0455. The van der Waals surface area contributed by atoms with Crippen LogP contribution in [0.3, 0.4) is 0 Å². The van der Waals surface area contributed by atoms with Gasteiger partial charge < -0.3 is 4.65 Å². The highest BCUT2D eigenvalue weighted by Crippen LogP contribution is 2.26. The molecule has 0 aliphatic carbocycles. The number of benzene rings is 3. The van der Waals surface area contributed by atoms with Crippen molar-refractivity contribution >= 4 is 73.9 Å². The number of nitrogens with zero attached hydrogens (tertiary/aromatic N) is 1. The van der Waals surface area contributed by atoms with E-state index in [2.05, 4.69) is 112 Å². The smallest absolute Gasteiger partial charge is 0.426 e. The second kappa shape index (κ2) is 8.18. The Morgan fingerprint density at radius 1 is 0.778 bits per heavy atom. The Kier molecular flexibility index (Phi) is 5.68. The van der Waals surface area contributed by atoms with Crippen molar-refractivity contribution in [2.45, 2.75) is 6.92 Å². The van der Waals surface area contributed by atoms with E-state index in [-0.39, 0.29) is 6.92 Å².